The Morgan fingerprint density at radius 3 is 1.25 bits per heavy atom. The van der Waals surface area contributed by atoms with Crippen LogP contribution in [0.1, 0.15) is 33.1 Å². The lowest BCUT2D eigenvalue weighted by atomic mass is 10.3. The van der Waals surface area contributed by atoms with E-state index >= 15 is 0 Å². The second kappa shape index (κ2) is 18.8. The summed E-state index contributed by atoms with van der Waals surface area (Å²) in [4.78, 5) is 0. The number of ether oxygens (including phenoxy) is 5. The Morgan fingerprint density at radius 1 is 0.450 bits per heavy atom. The van der Waals surface area contributed by atoms with Crippen molar-refractivity contribution in [2.45, 2.75) is 33.1 Å². The van der Waals surface area contributed by atoms with Gasteiger partial charge in [-0.25, -0.2) is 0 Å². The van der Waals surface area contributed by atoms with Crippen LogP contribution in [-0.2, 0) is 23.7 Å². The summed E-state index contributed by atoms with van der Waals surface area (Å²) < 4.78 is 26.7. The highest BCUT2D eigenvalue weighted by atomic mass is 16.6. The summed E-state index contributed by atoms with van der Waals surface area (Å²) in [6.07, 6.45) is 3.61. The fourth-order valence-electron chi connectivity index (χ4n) is 1.48. The second-order valence-corrected chi connectivity index (χ2v) is 4.35. The highest BCUT2D eigenvalue weighted by molar-refractivity contribution is 4.38. The third kappa shape index (κ3) is 17.8. The monoisotopic (exact) mass is 292 g/mol. The van der Waals surface area contributed by atoms with Gasteiger partial charge in [-0.05, 0) is 13.3 Å². The molecule has 0 aliphatic carbocycles. The Hall–Kier alpha value is -0.200. The molecule has 0 aliphatic heterocycles. The van der Waals surface area contributed by atoms with Gasteiger partial charge in [-0.3, -0.25) is 0 Å². The highest BCUT2D eigenvalue weighted by Gasteiger charge is 1.93. The average Bonchev–Trinajstić information content (AvgIpc) is 2.47. The zero-order valence-electron chi connectivity index (χ0n) is 13.2. The molecule has 0 saturated carbocycles. The molecule has 0 saturated heterocycles. The molecule has 0 unspecified atom stereocenters. The van der Waals surface area contributed by atoms with E-state index in [4.69, 9.17) is 23.7 Å². The molecule has 0 spiro atoms. The standard InChI is InChI=1S/C15H32O5/c1-3-5-6-7-17-10-11-19-14-15-20-13-12-18-9-8-16-4-2/h3-15H2,1-2H3. The Bertz CT molecular complexity index is 148. The number of rotatable bonds is 17. The molecule has 0 rings (SSSR count). The first-order valence-corrected chi connectivity index (χ1v) is 7.80. The van der Waals surface area contributed by atoms with Crippen LogP contribution in [0.5, 0.6) is 0 Å². The molecule has 5 heteroatoms. The van der Waals surface area contributed by atoms with Crippen molar-refractivity contribution in [1.29, 1.82) is 0 Å². The van der Waals surface area contributed by atoms with E-state index in [1.165, 1.54) is 12.8 Å². The lowest BCUT2D eigenvalue weighted by Crippen LogP contribution is -2.13. The molecule has 0 aromatic carbocycles. The van der Waals surface area contributed by atoms with Gasteiger partial charge in [0.2, 0.25) is 0 Å². The topological polar surface area (TPSA) is 46.2 Å². The van der Waals surface area contributed by atoms with Crippen molar-refractivity contribution in [3.63, 3.8) is 0 Å². The Labute approximate surface area is 123 Å². The first kappa shape index (κ1) is 19.8. The van der Waals surface area contributed by atoms with Gasteiger partial charge < -0.3 is 23.7 Å². The van der Waals surface area contributed by atoms with Crippen LogP contribution in [0.25, 0.3) is 0 Å². The zero-order valence-corrected chi connectivity index (χ0v) is 13.2. The van der Waals surface area contributed by atoms with Gasteiger partial charge in [0.1, 0.15) is 0 Å². The van der Waals surface area contributed by atoms with Gasteiger partial charge in [-0.1, -0.05) is 19.8 Å². The molecular weight excluding hydrogens is 260 g/mol. The predicted octanol–water partition coefficient (Wildman–Crippen LogP) is 2.28. The van der Waals surface area contributed by atoms with Gasteiger partial charge in [0.05, 0.1) is 52.9 Å². The van der Waals surface area contributed by atoms with Gasteiger partial charge in [0.25, 0.3) is 0 Å². The Kier molecular flexibility index (Phi) is 18.6. The van der Waals surface area contributed by atoms with E-state index in [-0.39, 0.29) is 0 Å². The SMILES string of the molecule is CCCCCOCCOCCOCCOCCOCC. The minimum atomic E-state index is 0.600. The van der Waals surface area contributed by atoms with E-state index in [0.717, 1.165) is 19.6 Å². The van der Waals surface area contributed by atoms with Gasteiger partial charge in [-0.15, -0.1) is 0 Å². The smallest absolute Gasteiger partial charge is 0.0701 e. The van der Waals surface area contributed by atoms with Gasteiger partial charge in [-0.2, -0.15) is 0 Å². The van der Waals surface area contributed by atoms with Crippen molar-refractivity contribution < 1.29 is 23.7 Å². The molecule has 0 fully saturated rings. The lowest BCUT2D eigenvalue weighted by Gasteiger charge is -2.07. The van der Waals surface area contributed by atoms with Crippen LogP contribution < -0.4 is 0 Å². The molecule has 0 N–H and O–H groups in total. The van der Waals surface area contributed by atoms with Crippen LogP contribution in [-0.4, -0.2) is 66.1 Å². The molecule has 0 aromatic heterocycles. The average molecular weight is 292 g/mol. The van der Waals surface area contributed by atoms with Crippen molar-refractivity contribution in [2.24, 2.45) is 0 Å². The fourth-order valence-corrected chi connectivity index (χ4v) is 1.48. The summed E-state index contributed by atoms with van der Waals surface area (Å²) in [5.41, 5.74) is 0. The van der Waals surface area contributed by atoms with E-state index in [1.807, 2.05) is 6.92 Å². The maximum Gasteiger partial charge on any atom is 0.0701 e. The highest BCUT2D eigenvalue weighted by Crippen LogP contribution is 1.93. The predicted molar refractivity (Wildman–Crippen MR) is 79.3 cm³/mol. The molecular formula is C15H32O5. The van der Waals surface area contributed by atoms with E-state index in [0.29, 0.717) is 52.9 Å². The van der Waals surface area contributed by atoms with E-state index in [2.05, 4.69) is 6.92 Å². The molecule has 5 nitrogen and oxygen atoms in total. The number of hydrogen-bond acceptors (Lipinski definition) is 5. The molecule has 0 atom stereocenters. The van der Waals surface area contributed by atoms with Gasteiger partial charge >= 0.3 is 0 Å². The second-order valence-electron chi connectivity index (χ2n) is 4.35. The van der Waals surface area contributed by atoms with E-state index in [1.54, 1.807) is 0 Å². The van der Waals surface area contributed by atoms with E-state index < -0.39 is 0 Å². The third-order valence-electron chi connectivity index (χ3n) is 2.58. The van der Waals surface area contributed by atoms with Crippen LogP contribution in [0.3, 0.4) is 0 Å². The van der Waals surface area contributed by atoms with Crippen LogP contribution in [0.15, 0.2) is 0 Å². The van der Waals surface area contributed by atoms with Crippen molar-refractivity contribution in [3.05, 3.63) is 0 Å². The van der Waals surface area contributed by atoms with Gasteiger partial charge in [0.15, 0.2) is 0 Å². The Balaban J connectivity index is 2.89. The third-order valence-corrected chi connectivity index (χ3v) is 2.58. The van der Waals surface area contributed by atoms with E-state index in [9.17, 15) is 0 Å². The summed E-state index contributed by atoms with van der Waals surface area (Å²) in [6, 6.07) is 0. The van der Waals surface area contributed by atoms with Crippen molar-refractivity contribution >= 4 is 0 Å². The zero-order chi connectivity index (χ0) is 14.7. The quantitative estimate of drug-likeness (QED) is 0.385. The molecule has 122 valence electrons. The number of hydrogen-bond donors (Lipinski definition) is 0. The van der Waals surface area contributed by atoms with Crippen LogP contribution >= 0.6 is 0 Å². The lowest BCUT2D eigenvalue weighted by molar-refractivity contribution is -0.0104. The molecule has 0 amide bonds. The summed E-state index contributed by atoms with van der Waals surface area (Å²) in [5.74, 6) is 0. The number of unbranched alkanes of at least 4 members (excludes halogenated alkanes) is 2. The van der Waals surface area contributed by atoms with Gasteiger partial charge in [0, 0.05) is 13.2 Å². The Morgan fingerprint density at radius 2 is 0.850 bits per heavy atom. The minimum absolute atomic E-state index is 0.600. The fraction of sp³-hybridized carbons (Fsp3) is 1.00. The van der Waals surface area contributed by atoms with Crippen molar-refractivity contribution in [2.75, 3.05) is 66.1 Å². The molecule has 0 bridgehead atoms. The minimum Gasteiger partial charge on any atom is -0.379 e. The maximum absolute atomic E-state index is 5.43. The summed E-state index contributed by atoms with van der Waals surface area (Å²) in [5, 5.41) is 0. The molecule has 0 heterocycles. The summed E-state index contributed by atoms with van der Waals surface area (Å²) in [6.45, 7) is 10.7. The van der Waals surface area contributed by atoms with Crippen LogP contribution in [0, 0.1) is 0 Å². The first-order valence-electron chi connectivity index (χ1n) is 7.80. The van der Waals surface area contributed by atoms with Crippen LogP contribution in [0.4, 0.5) is 0 Å². The largest absolute Gasteiger partial charge is 0.379 e. The maximum atomic E-state index is 5.43. The van der Waals surface area contributed by atoms with Crippen LogP contribution in [0.2, 0.25) is 0 Å². The first-order chi connectivity index (χ1) is 9.91. The molecule has 0 aliphatic rings. The summed E-state index contributed by atoms with van der Waals surface area (Å²) >= 11 is 0. The summed E-state index contributed by atoms with van der Waals surface area (Å²) in [7, 11) is 0. The normalized spacial score (nSPS) is 11.1. The molecule has 0 radical (unpaired) electrons. The van der Waals surface area contributed by atoms with Crippen molar-refractivity contribution in [3.8, 4) is 0 Å². The molecule has 20 heavy (non-hydrogen) atoms. The van der Waals surface area contributed by atoms with Crippen molar-refractivity contribution in [1.82, 2.24) is 0 Å². The molecule has 0 aromatic rings.